The van der Waals surface area contributed by atoms with Crippen molar-refractivity contribution in [2.45, 2.75) is 18.9 Å². The number of rotatable bonds is 6. The first kappa shape index (κ1) is 14.1. The summed E-state index contributed by atoms with van der Waals surface area (Å²) in [5, 5.41) is 9.11. The second-order valence-electron chi connectivity index (χ2n) is 4.56. The monoisotopic (exact) mass is 276 g/mol. The van der Waals surface area contributed by atoms with E-state index in [1.807, 2.05) is 0 Å². The van der Waals surface area contributed by atoms with E-state index < -0.39 is 5.97 Å². The maximum Gasteiger partial charge on any atom is 0.335 e. The van der Waals surface area contributed by atoms with E-state index in [9.17, 15) is 4.79 Å². The van der Waals surface area contributed by atoms with Crippen LogP contribution in [0.5, 0.6) is 17.2 Å². The highest BCUT2D eigenvalue weighted by Crippen LogP contribution is 2.41. The predicted molar refractivity (Wildman–Crippen MR) is 72.5 cm³/mol. The van der Waals surface area contributed by atoms with Crippen molar-refractivity contribution in [1.29, 1.82) is 0 Å². The molecular weight excluding hydrogens is 260 g/mol. The van der Waals surface area contributed by atoms with Gasteiger partial charge in [0.1, 0.15) is 0 Å². The normalized spacial score (nSPS) is 15.1. The van der Waals surface area contributed by atoms with Gasteiger partial charge in [0.15, 0.2) is 17.6 Å². The predicted octanol–water partition coefficient (Wildman–Crippen LogP) is 2.19. The number of benzene rings is 1. The van der Waals surface area contributed by atoms with Crippen LogP contribution in [0.25, 0.3) is 0 Å². The van der Waals surface area contributed by atoms with E-state index in [0.717, 1.165) is 12.8 Å². The highest BCUT2D eigenvalue weighted by atomic mass is 16.5. The molecule has 0 aromatic heterocycles. The van der Waals surface area contributed by atoms with E-state index in [4.69, 9.17) is 25.7 Å². The Morgan fingerprint density at radius 3 is 2.45 bits per heavy atom. The van der Waals surface area contributed by atoms with Crippen molar-refractivity contribution in [2.24, 2.45) is 5.92 Å². The molecule has 106 valence electrons. The number of hydrogen-bond donors (Lipinski definition) is 1. The summed E-state index contributed by atoms with van der Waals surface area (Å²) in [5.74, 6) is 2.77. The molecule has 0 spiro atoms. The van der Waals surface area contributed by atoms with Gasteiger partial charge in [0, 0.05) is 5.92 Å². The van der Waals surface area contributed by atoms with Crippen molar-refractivity contribution in [3.63, 3.8) is 0 Å². The van der Waals surface area contributed by atoms with Gasteiger partial charge in [-0.25, -0.2) is 4.79 Å². The van der Waals surface area contributed by atoms with E-state index in [-0.39, 0.29) is 11.7 Å². The quantitative estimate of drug-likeness (QED) is 0.807. The number of hydrogen-bond acceptors (Lipinski definition) is 4. The fourth-order valence-electron chi connectivity index (χ4n) is 1.94. The van der Waals surface area contributed by atoms with Gasteiger partial charge in [-0.2, -0.15) is 0 Å². The Morgan fingerprint density at radius 2 is 2.00 bits per heavy atom. The summed E-state index contributed by atoms with van der Waals surface area (Å²) >= 11 is 0. The van der Waals surface area contributed by atoms with Crippen LogP contribution in [-0.4, -0.2) is 31.4 Å². The molecule has 1 fully saturated rings. The number of ether oxygens (including phenoxy) is 3. The van der Waals surface area contributed by atoms with Crippen molar-refractivity contribution < 1.29 is 24.1 Å². The van der Waals surface area contributed by atoms with Crippen LogP contribution < -0.4 is 14.2 Å². The van der Waals surface area contributed by atoms with Gasteiger partial charge in [0.05, 0.1) is 19.8 Å². The maximum atomic E-state index is 11.1. The standard InChI is InChI=1S/C15H16O5/c1-4-11(9-5-6-9)20-13-8-10(15(16)17)7-12(18-2)14(13)19-3/h1,7-9,11H,5-6H2,2-3H3,(H,16,17). The molecule has 0 heterocycles. The molecule has 1 unspecified atom stereocenters. The number of aromatic carboxylic acids is 1. The molecule has 0 amide bonds. The number of carbonyl (C=O) groups is 1. The Kier molecular flexibility index (Phi) is 4.04. The first-order chi connectivity index (χ1) is 9.60. The Balaban J connectivity index is 2.40. The Hall–Kier alpha value is -2.35. The Bertz CT molecular complexity index is 554. The van der Waals surface area contributed by atoms with Crippen molar-refractivity contribution in [3.8, 4) is 29.6 Å². The van der Waals surface area contributed by atoms with E-state index in [2.05, 4.69) is 5.92 Å². The van der Waals surface area contributed by atoms with Crippen molar-refractivity contribution in [3.05, 3.63) is 17.7 Å². The minimum absolute atomic E-state index is 0.0595. The van der Waals surface area contributed by atoms with Gasteiger partial charge in [-0.15, -0.1) is 6.42 Å². The lowest BCUT2D eigenvalue weighted by atomic mass is 10.1. The van der Waals surface area contributed by atoms with Gasteiger partial charge in [0.2, 0.25) is 5.75 Å². The van der Waals surface area contributed by atoms with Crippen LogP contribution in [0.1, 0.15) is 23.2 Å². The summed E-state index contributed by atoms with van der Waals surface area (Å²) in [6, 6.07) is 2.78. The highest BCUT2D eigenvalue weighted by molar-refractivity contribution is 5.89. The zero-order chi connectivity index (χ0) is 14.7. The van der Waals surface area contributed by atoms with Gasteiger partial charge in [-0.3, -0.25) is 0 Å². The third-order valence-corrected chi connectivity index (χ3v) is 3.16. The largest absolute Gasteiger partial charge is 0.493 e. The summed E-state index contributed by atoms with van der Waals surface area (Å²) in [4.78, 5) is 11.1. The summed E-state index contributed by atoms with van der Waals surface area (Å²) in [6.45, 7) is 0. The van der Waals surface area contributed by atoms with E-state index in [1.165, 1.54) is 26.4 Å². The average molecular weight is 276 g/mol. The Morgan fingerprint density at radius 1 is 1.35 bits per heavy atom. The summed E-state index contributed by atoms with van der Waals surface area (Å²) in [7, 11) is 2.90. The van der Waals surface area contributed by atoms with E-state index >= 15 is 0 Å². The molecule has 5 heteroatoms. The zero-order valence-corrected chi connectivity index (χ0v) is 11.4. The molecule has 0 bridgehead atoms. The van der Waals surface area contributed by atoms with Crippen LogP contribution in [0.2, 0.25) is 0 Å². The van der Waals surface area contributed by atoms with Crippen LogP contribution in [0.15, 0.2) is 12.1 Å². The molecule has 1 N–H and O–H groups in total. The average Bonchev–Trinajstić information content (AvgIpc) is 3.27. The molecule has 2 rings (SSSR count). The lowest BCUT2D eigenvalue weighted by Gasteiger charge is -2.18. The number of terminal acetylenes is 1. The third-order valence-electron chi connectivity index (χ3n) is 3.16. The van der Waals surface area contributed by atoms with E-state index in [1.54, 1.807) is 0 Å². The second-order valence-corrected chi connectivity index (χ2v) is 4.56. The number of carboxylic acid groups (broad SMARTS) is 1. The summed E-state index contributed by atoms with van der Waals surface area (Å²) in [5.41, 5.74) is 0.0595. The Labute approximate surface area is 117 Å². The molecule has 0 aliphatic heterocycles. The smallest absolute Gasteiger partial charge is 0.335 e. The molecule has 1 saturated carbocycles. The minimum Gasteiger partial charge on any atom is -0.493 e. The number of carboxylic acids is 1. The lowest BCUT2D eigenvalue weighted by Crippen LogP contribution is -2.17. The minimum atomic E-state index is -1.07. The van der Waals surface area contributed by atoms with Gasteiger partial charge in [-0.1, -0.05) is 5.92 Å². The van der Waals surface area contributed by atoms with Crippen LogP contribution in [0.4, 0.5) is 0 Å². The molecule has 0 saturated heterocycles. The molecule has 1 aliphatic rings. The summed E-state index contributed by atoms with van der Waals surface area (Å²) < 4.78 is 16.1. The van der Waals surface area contributed by atoms with Gasteiger partial charge < -0.3 is 19.3 Å². The molecule has 1 aromatic carbocycles. The van der Waals surface area contributed by atoms with Crippen molar-refractivity contribution in [1.82, 2.24) is 0 Å². The fraction of sp³-hybridized carbons (Fsp3) is 0.400. The topological polar surface area (TPSA) is 65.0 Å². The molecule has 0 radical (unpaired) electrons. The van der Waals surface area contributed by atoms with E-state index in [0.29, 0.717) is 23.2 Å². The SMILES string of the molecule is C#CC(Oc1cc(C(=O)O)cc(OC)c1OC)C1CC1. The fourth-order valence-corrected chi connectivity index (χ4v) is 1.94. The van der Waals surface area contributed by atoms with Crippen molar-refractivity contribution in [2.75, 3.05) is 14.2 Å². The lowest BCUT2D eigenvalue weighted by molar-refractivity contribution is 0.0695. The molecule has 1 aliphatic carbocycles. The maximum absolute atomic E-state index is 11.1. The van der Waals surface area contributed by atoms with Crippen LogP contribution >= 0.6 is 0 Å². The number of methoxy groups -OCH3 is 2. The molecule has 20 heavy (non-hydrogen) atoms. The van der Waals surface area contributed by atoms with Gasteiger partial charge in [-0.05, 0) is 25.0 Å². The van der Waals surface area contributed by atoms with Gasteiger partial charge >= 0.3 is 5.97 Å². The van der Waals surface area contributed by atoms with Crippen molar-refractivity contribution >= 4 is 5.97 Å². The van der Waals surface area contributed by atoms with Crippen LogP contribution in [0, 0.1) is 18.3 Å². The molecule has 1 aromatic rings. The second kappa shape index (κ2) is 5.74. The third kappa shape index (κ3) is 2.80. The molecule has 1 atom stereocenters. The zero-order valence-electron chi connectivity index (χ0n) is 11.4. The van der Waals surface area contributed by atoms with Gasteiger partial charge in [0.25, 0.3) is 0 Å². The first-order valence-electron chi connectivity index (χ1n) is 6.22. The molecular formula is C15H16O5. The summed E-state index contributed by atoms with van der Waals surface area (Å²) in [6.07, 6.45) is 7.12. The highest BCUT2D eigenvalue weighted by Gasteiger charge is 2.32. The van der Waals surface area contributed by atoms with Crippen LogP contribution in [0.3, 0.4) is 0 Å². The first-order valence-corrected chi connectivity index (χ1v) is 6.22. The van der Waals surface area contributed by atoms with Crippen LogP contribution in [-0.2, 0) is 0 Å². The molecule has 5 nitrogen and oxygen atoms in total.